The summed E-state index contributed by atoms with van der Waals surface area (Å²) in [5.74, 6) is -0.147. The van der Waals surface area contributed by atoms with E-state index < -0.39 is 5.91 Å². The molecule has 1 amide bonds. The summed E-state index contributed by atoms with van der Waals surface area (Å²) in [5, 5.41) is 26.8. The molecule has 4 aromatic rings. The lowest BCUT2D eigenvalue weighted by Crippen LogP contribution is -2.17. The Morgan fingerprint density at radius 2 is 2.04 bits per heavy atom. The number of carbonyl (C=O) groups is 1. The van der Waals surface area contributed by atoms with Gasteiger partial charge in [0.05, 0.1) is 12.6 Å². The van der Waals surface area contributed by atoms with Gasteiger partial charge in [-0.15, -0.1) is 5.10 Å². The minimum absolute atomic E-state index is 0.0110. The molecule has 3 N–H and O–H groups in total. The molecule has 0 saturated heterocycles. The predicted octanol–water partition coefficient (Wildman–Crippen LogP) is 2.11. The molecule has 0 aliphatic rings. The molecule has 9 nitrogen and oxygen atoms in total. The van der Waals surface area contributed by atoms with Gasteiger partial charge in [0.1, 0.15) is 5.75 Å². The highest BCUT2D eigenvalue weighted by molar-refractivity contribution is 6.10. The Labute approximate surface area is 147 Å². The van der Waals surface area contributed by atoms with Crippen LogP contribution in [0.4, 0.5) is 5.95 Å². The van der Waals surface area contributed by atoms with E-state index in [1.165, 1.54) is 7.11 Å². The number of nitrogens with zero attached hydrogens (tertiary/aromatic N) is 4. The highest BCUT2D eigenvalue weighted by Crippen LogP contribution is 2.37. The van der Waals surface area contributed by atoms with Crippen molar-refractivity contribution < 1.29 is 14.6 Å². The molecule has 26 heavy (non-hydrogen) atoms. The molecule has 2 aromatic carbocycles. The van der Waals surface area contributed by atoms with Gasteiger partial charge in [0, 0.05) is 11.1 Å². The number of H-pyrrole nitrogens is 1. The number of amides is 1. The molecule has 0 aliphatic carbocycles. The number of anilines is 1. The van der Waals surface area contributed by atoms with Crippen LogP contribution in [0.2, 0.25) is 0 Å². The Hall–Kier alpha value is -3.88. The van der Waals surface area contributed by atoms with E-state index in [1.807, 2.05) is 30.3 Å². The fourth-order valence-electron chi connectivity index (χ4n) is 2.81. The van der Waals surface area contributed by atoms with Crippen LogP contribution in [0, 0.1) is 0 Å². The number of rotatable bonds is 4. The summed E-state index contributed by atoms with van der Waals surface area (Å²) in [6.07, 6.45) is 0. The Morgan fingerprint density at radius 1 is 1.23 bits per heavy atom. The number of para-hydroxylation sites is 1. The van der Waals surface area contributed by atoms with E-state index in [0.717, 1.165) is 5.69 Å². The first-order valence-electron chi connectivity index (χ1n) is 7.70. The highest BCUT2D eigenvalue weighted by Gasteiger charge is 2.25. The SMILES string of the molecule is COc1ccc2c(c1)c(O)c(C(=O)Nc1nn[nH]n1)n2-c1ccccc1. The minimum atomic E-state index is -0.567. The number of benzene rings is 2. The fraction of sp³-hybridized carbons (Fsp3) is 0.0588. The molecular formula is C17H14N6O3. The number of nitrogens with one attached hydrogen (secondary N) is 2. The monoisotopic (exact) mass is 350 g/mol. The van der Waals surface area contributed by atoms with Gasteiger partial charge in [-0.3, -0.25) is 10.1 Å². The standard InChI is InChI=1S/C17H14N6O3/c1-26-11-7-8-13-12(9-11)15(24)14(16(25)18-17-19-21-22-20-17)23(13)10-5-3-2-4-6-10/h2-9,24H,1H3,(H2,18,19,20,21,22,25). The van der Waals surface area contributed by atoms with Crippen LogP contribution in [0.15, 0.2) is 48.5 Å². The third-order valence-electron chi connectivity index (χ3n) is 3.95. The minimum Gasteiger partial charge on any atom is -0.505 e. The van der Waals surface area contributed by atoms with E-state index in [9.17, 15) is 9.90 Å². The Kier molecular flexibility index (Phi) is 3.73. The molecule has 0 aliphatic heterocycles. The van der Waals surface area contributed by atoms with Crippen LogP contribution in [-0.4, -0.2) is 43.3 Å². The van der Waals surface area contributed by atoms with Crippen LogP contribution in [0.25, 0.3) is 16.6 Å². The maximum Gasteiger partial charge on any atom is 0.278 e. The molecule has 0 radical (unpaired) electrons. The van der Waals surface area contributed by atoms with E-state index in [4.69, 9.17) is 4.74 Å². The fourth-order valence-corrected chi connectivity index (χ4v) is 2.81. The molecule has 9 heteroatoms. The summed E-state index contributed by atoms with van der Waals surface area (Å²) < 4.78 is 6.89. The van der Waals surface area contributed by atoms with E-state index in [2.05, 4.69) is 25.9 Å². The van der Waals surface area contributed by atoms with Crippen LogP contribution in [-0.2, 0) is 0 Å². The second-order valence-electron chi connectivity index (χ2n) is 5.44. The zero-order chi connectivity index (χ0) is 18.1. The van der Waals surface area contributed by atoms with Crippen molar-refractivity contribution in [2.24, 2.45) is 0 Å². The van der Waals surface area contributed by atoms with Crippen LogP contribution in [0.3, 0.4) is 0 Å². The van der Waals surface area contributed by atoms with Gasteiger partial charge in [-0.25, -0.2) is 0 Å². The first kappa shape index (κ1) is 15.6. The molecule has 0 fully saturated rings. The van der Waals surface area contributed by atoms with Gasteiger partial charge < -0.3 is 14.4 Å². The second-order valence-corrected chi connectivity index (χ2v) is 5.44. The second kappa shape index (κ2) is 6.20. The predicted molar refractivity (Wildman–Crippen MR) is 93.6 cm³/mol. The van der Waals surface area contributed by atoms with Crippen molar-refractivity contribution >= 4 is 22.8 Å². The van der Waals surface area contributed by atoms with E-state index in [0.29, 0.717) is 16.7 Å². The maximum absolute atomic E-state index is 12.8. The maximum atomic E-state index is 12.8. The molecule has 130 valence electrons. The zero-order valence-electron chi connectivity index (χ0n) is 13.7. The van der Waals surface area contributed by atoms with E-state index >= 15 is 0 Å². The van der Waals surface area contributed by atoms with E-state index in [-0.39, 0.29) is 17.4 Å². The summed E-state index contributed by atoms with van der Waals surface area (Å²) >= 11 is 0. The third-order valence-corrected chi connectivity index (χ3v) is 3.95. The van der Waals surface area contributed by atoms with Crippen molar-refractivity contribution in [2.45, 2.75) is 0 Å². The summed E-state index contributed by atoms with van der Waals surface area (Å²) in [7, 11) is 1.54. The lowest BCUT2D eigenvalue weighted by Gasteiger charge is -2.10. The molecule has 2 aromatic heterocycles. The lowest BCUT2D eigenvalue weighted by molar-refractivity contribution is 0.101. The number of aromatic amines is 1. The van der Waals surface area contributed by atoms with Crippen molar-refractivity contribution in [2.75, 3.05) is 12.4 Å². The topological polar surface area (TPSA) is 118 Å². The number of fused-ring (bicyclic) bond motifs is 1. The summed E-state index contributed by atoms with van der Waals surface area (Å²) in [4.78, 5) is 12.8. The molecule has 0 bridgehead atoms. The Balaban J connectivity index is 1.95. The quantitative estimate of drug-likeness (QED) is 0.519. The van der Waals surface area contributed by atoms with Gasteiger partial charge in [0.15, 0.2) is 11.4 Å². The van der Waals surface area contributed by atoms with Crippen molar-refractivity contribution in [1.29, 1.82) is 0 Å². The van der Waals surface area contributed by atoms with Gasteiger partial charge in [-0.2, -0.15) is 5.21 Å². The molecule has 0 saturated carbocycles. The van der Waals surface area contributed by atoms with Gasteiger partial charge >= 0.3 is 0 Å². The number of methoxy groups -OCH3 is 1. The summed E-state index contributed by atoms with van der Waals surface area (Å²) in [6.45, 7) is 0. The molecule has 0 spiro atoms. The number of aromatic hydroxyl groups is 1. The molecule has 0 atom stereocenters. The average Bonchev–Trinajstić information content (AvgIpc) is 3.28. The van der Waals surface area contributed by atoms with Crippen LogP contribution in [0.1, 0.15) is 10.5 Å². The largest absolute Gasteiger partial charge is 0.505 e. The number of tetrazole rings is 1. The number of carbonyl (C=O) groups excluding carboxylic acids is 1. The van der Waals surface area contributed by atoms with Gasteiger partial charge in [-0.05, 0) is 35.5 Å². The van der Waals surface area contributed by atoms with Crippen LogP contribution >= 0.6 is 0 Å². The zero-order valence-corrected chi connectivity index (χ0v) is 13.7. The van der Waals surface area contributed by atoms with Gasteiger partial charge in [-0.1, -0.05) is 23.3 Å². The Morgan fingerprint density at radius 3 is 2.73 bits per heavy atom. The van der Waals surface area contributed by atoms with E-state index in [1.54, 1.807) is 22.8 Å². The molecular weight excluding hydrogens is 336 g/mol. The number of ether oxygens (including phenoxy) is 1. The summed E-state index contributed by atoms with van der Waals surface area (Å²) in [6, 6.07) is 14.5. The first-order valence-corrected chi connectivity index (χ1v) is 7.70. The number of hydrogen-bond acceptors (Lipinski definition) is 6. The smallest absolute Gasteiger partial charge is 0.278 e. The van der Waals surface area contributed by atoms with Gasteiger partial charge in [0.2, 0.25) is 0 Å². The first-order chi connectivity index (χ1) is 12.7. The van der Waals surface area contributed by atoms with Crippen LogP contribution < -0.4 is 10.1 Å². The molecule has 0 unspecified atom stereocenters. The molecule has 2 heterocycles. The summed E-state index contributed by atoms with van der Waals surface area (Å²) in [5.41, 5.74) is 1.44. The lowest BCUT2D eigenvalue weighted by atomic mass is 10.2. The average molecular weight is 350 g/mol. The number of hydrogen-bond donors (Lipinski definition) is 3. The molecule has 4 rings (SSSR count). The van der Waals surface area contributed by atoms with Crippen molar-refractivity contribution in [3.63, 3.8) is 0 Å². The normalized spacial score (nSPS) is 10.8. The van der Waals surface area contributed by atoms with Crippen molar-refractivity contribution in [3.8, 4) is 17.2 Å². The third kappa shape index (κ3) is 2.51. The van der Waals surface area contributed by atoms with Gasteiger partial charge in [0.25, 0.3) is 11.9 Å². The van der Waals surface area contributed by atoms with Crippen LogP contribution in [0.5, 0.6) is 11.5 Å². The van der Waals surface area contributed by atoms with Crippen molar-refractivity contribution in [3.05, 3.63) is 54.2 Å². The number of aromatic nitrogens is 5. The van der Waals surface area contributed by atoms with Crippen molar-refractivity contribution in [1.82, 2.24) is 25.2 Å². The highest BCUT2D eigenvalue weighted by atomic mass is 16.5. The Bertz CT molecular complexity index is 1070.